The molecule has 0 saturated carbocycles. The van der Waals surface area contributed by atoms with Crippen molar-refractivity contribution in [1.29, 1.82) is 0 Å². The van der Waals surface area contributed by atoms with Gasteiger partial charge in [-0.2, -0.15) is 4.57 Å². The molecule has 4 rings (SSSR count). The Bertz CT molecular complexity index is 1110. The SMILES string of the molecule is COC/C(=C\CO)C1C(C)c2ccc(C)cc2-c2c3cc(C(C)C)ccc3cc[n+]21. The zero-order valence-corrected chi connectivity index (χ0v) is 18.6. The first-order valence-corrected chi connectivity index (χ1v) is 10.8. The van der Waals surface area contributed by atoms with Crippen LogP contribution in [0.25, 0.3) is 22.0 Å². The molecule has 3 heteroatoms. The van der Waals surface area contributed by atoms with Crippen molar-refractivity contribution in [2.45, 2.75) is 45.6 Å². The number of rotatable bonds is 5. The van der Waals surface area contributed by atoms with Gasteiger partial charge in [0.05, 0.1) is 24.2 Å². The highest BCUT2D eigenvalue weighted by atomic mass is 16.5. The fraction of sp³-hybridized carbons (Fsp3) is 0.370. The maximum atomic E-state index is 9.69. The number of pyridine rings is 1. The molecule has 1 aromatic heterocycles. The molecule has 0 radical (unpaired) electrons. The molecule has 1 aliphatic heterocycles. The maximum absolute atomic E-state index is 9.69. The zero-order chi connectivity index (χ0) is 21.4. The van der Waals surface area contributed by atoms with Crippen LogP contribution in [0, 0.1) is 6.92 Å². The molecular weight excluding hydrogens is 370 g/mol. The van der Waals surface area contributed by atoms with E-state index in [-0.39, 0.29) is 18.6 Å². The number of methoxy groups -OCH3 is 1. The topological polar surface area (TPSA) is 33.3 Å². The van der Waals surface area contributed by atoms with Gasteiger partial charge in [-0.3, -0.25) is 0 Å². The molecule has 156 valence electrons. The lowest BCUT2D eigenvalue weighted by Gasteiger charge is -2.30. The van der Waals surface area contributed by atoms with E-state index in [9.17, 15) is 5.11 Å². The van der Waals surface area contributed by atoms with Gasteiger partial charge in [-0.25, -0.2) is 0 Å². The van der Waals surface area contributed by atoms with Gasteiger partial charge < -0.3 is 9.84 Å². The molecule has 0 aliphatic carbocycles. The zero-order valence-electron chi connectivity index (χ0n) is 18.6. The van der Waals surface area contributed by atoms with E-state index in [0.29, 0.717) is 12.5 Å². The molecule has 0 amide bonds. The van der Waals surface area contributed by atoms with Gasteiger partial charge in [-0.1, -0.05) is 56.7 Å². The van der Waals surface area contributed by atoms with E-state index in [1.165, 1.54) is 38.7 Å². The smallest absolute Gasteiger partial charge is 0.221 e. The Labute approximate surface area is 179 Å². The molecule has 0 saturated heterocycles. The average molecular weight is 403 g/mol. The Balaban J connectivity index is 2.07. The summed E-state index contributed by atoms with van der Waals surface area (Å²) in [5.74, 6) is 0.751. The molecule has 30 heavy (non-hydrogen) atoms. The van der Waals surface area contributed by atoms with Crippen LogP contribution < -0.4 is 4.57 Å². The van der Waals surface area contributed by atoms with E-state index < -0.39 is 0 Å². The van der Waals surface area contributed by atoms with Crippen molar-refractivity contribution in [3.05, 3.63) is 77.0 Å². The number of aryl methyl sites for hydroxylation is 1. The van der Waals surface area contributed by atoms with Crippen molar-refractivity contribution < 1.29 is 14.4 Å². The summed E-state index contributed by atoms with van der Waals surface area (Å²) in [6, 6.07) is 16.0. The largest absolute Gasteiger partial charge is 0.392 e. The van der Waals surface area contributed by atoms with Gasteiger partial charge in [0.1, 0.15) is 0 Å². The van der Waals surface area contributed by atoms with Crippen LogP contribution in [0.5, 0.6) is 0 Å². The maximum Gasteiger partial charge on any atom is 0.221 e. The summed E-state index contributed by atoms with van der Waals surface area (Å²) in [6.45, 7) is 9.45. The number of nitrogens with zero attached hydrogens (tertiary/aromatic N) is 1. The van der Waals surface area contributed by atoms with Gasteiger partial charge in [-0.05, 0) is 41.5 Å². The summed E-state index contributed by atoms with van der Waals surface area (Å²) in [7, 11) is 1.72. The third-order valence-electron chi connectivity index (χ3n) is 6.44. The molecule has 0 spiro atoms. The van der Waals surface area contributed by atoms with E-state index in [1.54, 1.807) is 7.11 Å². The van der Waals surface area contributed by atoms with E-state index >= 15 is 0 Å². The molecule has 0 bridgehead atoms. The molecule has 2 unspecified atom stereocenters. The van der Waals surface area contributed by atoms with Gasteiger partial charge in [-0.15, -0.1) is 0 Å². The summed E-state index contributed by atoms with van der Waals surface area (Å²) < 4.78 is 7.93. The molecule has 1 N–H and O–H groups in total. The standard InChI is InChI=1S/C27H32NO2/c1-17(2)21-8-7-20-10-12-28-26(22(11-13-29)16-30-5)19(4)23-9-6-18(3)14-25(23)27(28)24(20)15-21/h6-12,14-15,17,19,26,29H,13,16H2,1-5H3/q+1/b22-11+. The predicted molar refractivity (Wildman–Crippen MR) is 123 cm³/mol. The number of benzene rings is 2. The Morgan fingerprint density at radius 2 is 1.97 bits per heavy atom. The first-order chi connectivity index (χ1) is 14.5. The molecule has 3 aromatic rings. The van der Waals surface area contributed by atoms with E-state index in [1.807, 2.05) is 6.08 Å². The Morgan fingerprint density at radius 3 is 2.67 bits per heavy atom. The molecule has 2 aromatic carbocycles. The highest BCUT2D eigenvalue weighted by molar-refractivity contribution is 5.94. The van der Waals surface area contributed by atoms with Crippen molar-refractivity contribution >= 4 is 10.8 Å². The Hall–Kier alpha value is -2.49. The van der Waals surface area contributed by atoms with Crippen molar-refractivity contribution in [3.63, 3.8) is 0 Å². The Kier molecular flexibility index (Phi) is 5.77. The minimum Gasteiger partial charge on any atom is -0.392 e. The van der Waals surface area contributed by atoms with E-state index in [2.05, 4.69) is 80.9 Å². The monoisotopic (exact) mass is 402 g/mol. The van der Waals surface area contributed by atoms with Crippen molar-refractivity contribution in [3.8, 4) is 11.3 Å². The quantitative estimate of drug-likeness (QED) is 0.455. The summed E-state index contributed by atoms with van der Waals surface area (Å²) in [4.78, 5) is 0. The lowest BCUT2D eigenvalue weighted by atomic mass is 9.79. The van der Waals surface area contributed by atoms with Crippen LogP contribution in [0.15, 0.2) is 60.3 Å². The fourth-order valence-electron chi connectivity index (χ4n) is 4.91. The van der Waals surface area contributed by atoms with Crippen LogP contribution in [0.4, 0.5) is 0 Å². The first-order valence-electron chi connectivity index (χ1n) is 10.8. The van der Waals surface area contributed by atoms with Gasteiger partial charge in [0, 0.05) is 24.7 Å². The predicted octanol–water partition coefficient (Wildman–Crippen LogP) is 5.45. The van der Waals surface area contributed by atoms with Crippen molar-refractivity contribution in [1.82, 2.24) is 0 Å². The minimum absolute atomic E-state index is 0.0175. The van der Waals surface area contributed by atoms with Gasteiger partial charge in [0.25, 0.3) is 0 Å². The normalized spacial score (nSPS) is 18.6. The summed E-state index contributed by atoms with van der Waals surface area (Å²) in [5.41, 5.74) is 7.66. The van der Waals surface area contributed by atoms with Crippen LogP contribution in [0.3, 0.4) is 0 Å². The van der Waals surface area contributed by atoms with Gasteiger partial charge in [0.15, 0.2) is 12.2 Å². The second-order valence-corrected chi connectivity index (χ2v) is 8.79. The third kappa shape index (κ3) is 3.46. The molecule has 0 fully saturated rings. The van der Waals surface area contributed by atoms with Crippen LogP contribution in [0.1, 0.15) is 55.3 Å². The number of aliphatic hydroxyl groups is 1. The molecule has 1 aliphatic rings. The number of fused-ring (bicyclic) bond motifs is 5. The fourth-order valence-corrected chi connectivity index (χ4v) is 4.91. The van der Waals surface area contributed by atoms with Crippen molar-refractivity contribution in [2.24, 2.45) is 0 Å². The van der Waals surface area contributed by atoms with Crippen LogP contribution >= 0.6 is 0 Å². The number of hydrogen-bond donors (Lipinski definition) is 1. The molecule has 2 heterocycles. The molecule has 2 atom stereocenters. The van der Waals surface area contributed by atoms with Crippen LogP contribution in [-0.2, 0) is 4.74 Å². The highest BCUT2D eigenvalue weighted by Gasteiger charge is 2.40. The Morgan fingerprint density at radius 1 is 1.17 bits per heavy atom. The summed E-state index contributed by atoms with van der Waals surface area (Å²) >= 11 is 0. The number of aliphatic hydroxyl groups excluding tert-OH is 1. The number of hydrogen-bond acceptors (Lipinski definition) is 2. The number of ether oxygens (including phenoxy) is 1. The lowest BCUT2D eigenvalue weighted by Crippen LogP contribution is -2.48. The molecular formula is C27H32NO2+. The van der Waals surface area contributed by atoms with Crippen LogP contribution in [0.2, 0.25) is 0 Å². The molecule has 3 nitrogen and oxygen atoms in total. The van der Waals surface area contributed by atoms with E-state index in [4.69, 9.17) is 4.74 Å². The lowest BCUT2D eigenvalue weighted by molar-refractivity contribution is -0.708. The summed E-state index contributed by atoms with van der Waals surface area (Å²) in [6.07, 6.45) is 4.12. The second kappa shape index (κ2) is 8.33. The highest BCUT2D eigenvalue weighted by Crippen LogP contribution is 2.43. The van der Waals surface area contributed by atoms with Crippen molar-refractivity contribution in [2.75, 3.05) is 20.3 Å². The third-order valence-corrected chi connectivity index (χ3v) is 6.44. The van der Waals surface area contributed by atoms with Gasteiger partial charge >= 0.3 is 0 Å². The first kappa shape index (κ1) is 20.8. The van der Waals surface area contributed by atoms with E-state index in [0.717, 1.165) is 5.57 Å². The minimum atomic E-state index is 0.0175. The average Bonchev–Trinajstić information content (AvgIpc) is 2.73. The summed E-state index contributed by atoms with van der Waals surface area (Å²) in [5, 5.41) is 12.2. The number of aromatic nitrogens is 1. The van der Waals surface area contributed by atoms with Gasteiger partial charge in [0.2, 0.25) is 5.69 Å². The second-order valence-electron chi connectivity index (χ2n) is 8.79. The van der Waals surface area contributed by atoms with Crippen LogP contribution in [-0.4, -0.2) is 25.4 Å².